The summed E-state index contributed by atoms with van der Waals surface area (Å²) in [7, 11) is -3.55. The molecule has 0 aromatic carbocycles. The van der Waals surface area contributed by atoms with Crippen molar-refractivity contribution in [1.82, 2.24) is 20.2 Å². The standard InChI is InChI=1S/C12H22N4O3S/c1-2-13-7-11-8-14-16-12(11)20(17,18)15-5-6-19-9-10-3-4-10/h8,10,13,15H,2-7,9H2,1H3,(H,14,16). The number of hydrogen-bond acceptors (Lipinski definition) is 5. The maximum Gasteiger partial charge on any atom is 0.257 e. The molecule has 1 fully saturated rings. The molecule has 1 aliphatic rings. The van der Waals surface area contributed by atoms with Crippen molar-refractivity contribution < 1.29 is 13.2 Å². The molecule has 0 unspecified atom stereocenters. The molecular weight excluding hydrogens is 280 g/mol. The van der Waals surface area contributed by atoms with Crippen molar-refractivity contribution in [2.75, 3.05) is 26.3 Å². The molecule has 1 heterocycles. The normalized spacial score (nSPS) is 15.7. The highest BCUT2D eigenvalue weighted by molar-refractivity contribution is 7.89. The summed E-state index contributed by atoms with van der Waals surface area (Å²) in [5.74, 6) is 0.686. The van der Waals surface area contributed by atoms with E-state index in [1.807, 2.05) is 6.92 Å². The summed E-state index contributed by atoms with van der Waals surface area (Å²) >= 11 is 0. The third kappa shape index (κ3) is 4.55. The summed E-state index contributed by atoms with van der Waals surface area (Å²) in [6.45, 7) is 4.61. The average molecular weight is 302 g/mol. The fourth-order valence-corrected chi connectivity index (χ4v) is 2.91. The van der Waals surface area contributed by atoms with Gasteiger partial charge in [-0.1, -0.05) is 6.92 Å². The predicted octanol–water partition coefficient (Wildman–Crippen LogP) is 0.224. The van der Waals surface area contributed by atoms with E-state index >= 15 is 0 Å². The first-order chi connectivity index (χ1) is 9.63. The molecule has 0 saturated heterocycles. The number of ether oxygens (including phenoxy) is 1. The van der Waals surface area contributed by atoms with E-state index in [4.69, 9.17) is 4.74 Å². The maximum absolute atomic E-state index is 12.1. The number of rotatable bonds is 10. The Morgan fingerprint density at radius 1 is 1.50 bits per heavy atom. The van der Waals surface area contributed by atoms with E-state index in [1.54, 1.807) is 0 Å². The van der Waals surface area contributed by atoms with E-state index in [0.717, 1.165) is 13.2 Å². The molecule has 20 heavy (non-hydrogen) atoms. The molecule has 3 N–H and O–H groups in total. The second-order valence-electron chi connectivity index (χ2n) is 4.92. The molecule has 0 atom stereocenters. The summed E-state index contributed by atoms with van der Waals surface area (Å²) in [6, 6.07) is 0. The molecular formula is C12H22N4O3S. The lowest BCUT2D eigenvalue weighted by molar-refractivity contribution is 0.129. The van der Waals surface area contributed by atoms with Crippen LogP contribution in [0.15, 0.2) is 11.2 Å². The van der Waals surface area contributed by atoms with E-state index in [1.165, 1.54) is 19.0 Å². The first-order valence-corrected chi connectivity index (χ1v) is 8.42. The Labute approximate surface area is 119 Å². The number of nitrogens with one attached hydrogen (secondary N) is 3. The van der Waals surface area contributed by atoms with Crippen LogP contribution in [0.2, 0.25) is 0 Å². The monoisotopic (exact) mass is 302 g/mol. The van der Waals surface area contributed by atoms with Gasteiger partial charge in [0.15, 0.2) is 5.03 Å². The van der Waals surface area contributed by atoms with Gasteiger partial charge in [-0.05, 0) is 25.3 Å². The predicted molar refractivity (Wildman–Crippen MR) is 74.7 cm³/mol. The van der Waals surface area contributed by atoms with Gasteiger partial charge in [-0.3, -0.25) is 5.10 Å². The first kappa shape index (κ1) is 15.4. The van der Waals surface area contributed by atoms with Gasteiger partial charge in [0.1, 0.15) is 0 Å². The number of H-pyrrole nitrogens is 1. The van der Waals surface area contributed by atoms with Crippen LogP contribution in [-0.4, -0.2) is 44.9 Å². The van der Waals surface area contributed by atoms with Crippen molar-refractivity contribution in [2.45, 2.75) is 31.3 Å². The molecule has 1 saturated carbocycles. The molecule has 0 amide bonds. The molecule has 7 nitrogen and oxygen atoms in total. The quantitative estimate of drug-likeness (QED) is 0.538. The van der Waals surface area contributed by atoms with Gasteiger partial charge in [0.2, 0.25) is 0 Å². The smallest absolute Gasteiger partial charge is 0.257 e. The van der Waals surface area contributed by atoms with Crippen LogP contribution in [0.25, 0.3) is 0 Å². The number of aromatic amines is 1. The second kappa shape index (κ2) is 7.16. The van der Waals surface area contributed by atoms with Crippen LogP contribution < -0.4 is 10.0 Å². The molecule has 2 rings (SSSR count). The minimum atomic E-state index is -3.55. The second-order valence-corrected chi connectivity index (χ2v) is 6.62. The molecule has 0 aliphatic heterocycles. The van der Waals surface area contributed by atoms with Crippen LogP contribution in [0.4, 0.5) is 0 Å². The van der Waals surface area contributed by atoms with Crippen molar-refractivity contribution in [3.05, 3.63) is 11.8 Å². The highest BCUT2D eigenvalue weighted by Gasteiger charge is 2.22. The maximum atomic E-state index is 12.1. The Bertz CT molecular complexity index is 511. The van der Waals surface area contributed by atoms with Gasteiger partial charge in [0.05, 0.1) is 12.8 Å². The third-order valence-corrected chi connectivity index (χ3v) is 4.58. The van der Waals surface area contributed by atoms with Gasteiger partial charge in [-0.2, -0.15) is 5.10 Å². The highest BCUT2D eigenvalue weighted by atomic mass is 32.2. The van der Waals surface area contributed by atoms with Crippen LogP contribution in [0, 0.1) is 5.92 Å². The Morgan fingerprint density at radius 3 is 3.00 bits per heavy atom. The van der Waals surface area contributed by atoms with Crippen molar-refractivity contribution in [3.8, 4) is 0 Å². The Morgan fingerprint density at radius 2 is 2.30 bits per heavy atom. The molecule has 0 spiro atoms. The summed E-state index contributed by atoms with van der Waals surface area (Å²) in [5, 5.41) is 9.55. The van der Waals surface area contributed by atoms with Crippen molar-refractivity contribution >= 4 is 10.0 Å². The summed E-state index contributed by atoms with van der Waals surface area (Å²) in [5.41, 5.74) is 0.637. The van der Waals surface area contributed by atoms with E-state index in [0.29, 0.717) is 24.6 Å². The van der Waals surface area contributed by atoms with Gasteiger partial charge < -0.3 is 10.1 Å². The van der Waals surface area contributed by atoms with Crippen LogP contribution in [-0.2, 0) is 21.3 Å². The number of nitrogens with zero attached hydrogens (tertiary/aromatic N) is 1. The zero-order valence-electron chi connectivity index (χ0n) is 11.7. The minimum absolute atomic E-state index is 0.126. The lowest BCUT2D eigenvalue weighted by Crippen LogP contribution is -2.29. The number of hydrogen-bond donors (Lipinski definition) is 3. The summed E-state index contributed by atoms with van der Waals surface area (Å²) in [6.07, 6.45) is 3.99. The average Bonchev–Trinajstić information content (AvgIpc) is 3.11. The largest absolute Gasteiger partial charge is 0.380 e. The minimum Gasteiger partial charge on any atom is -0.380 e. The number of aromatic nitrogens is 2. The SMILES string of the molecule is CCNCc1cn[nH]c1S(=O)(=O)NCCOCC1CC1. The summed E-state index contributed by atoms with van der Waals surface area (Å²) in [4.78, 5) is 0. The molecule has 1 aromatic rings. The zero-order valence-corrected chi connectivity index (χ0v) is 12.5. The van der Waals surface area contributed by atoms with Crippen molar-refractivity contribution in [2.24, 2.45) is 5.92 Å². The molecule has 1 aliphatic carbocycles. The van der Waals surface area contributed by atoms with E-state index in [9.17, 15) is 8.42 Å². The zero-order chi connectivity index (χ0) is 14.4. The van der Waals surface area contributed by atoms with Gasteiger partial charge in [0.25, 0.3) is 10.0 Å². The highest BCUT2D eigenvalue weighted by Crippen LogP contribution is 2.28. The Kier molecular flexibility index (Phi) is 5.53. The molecule has 8 heteroatoms. The van der Waals surface area contributed by atoms with Crippen LogP contribution in [0.5, 0.6) is 0 Å². The topological polar surface area (TPSA) is 96.1 Å². The van der Waals surface area contributed by atoms with Gasteiger partial charge in [-0.25, -0.2) is 13.1 Å². The number of sulfonamides is 1. The van der Waals surface area contributed by atoms with E-state index < -0.39 is 10.0 Å². The molecule has 114 valence electrons. The van der Waals surface area contributed by atoms with Crippen LogP contribution in [0.3, 0.4) is 0 Å². The lowest BCUT2D eigenvalue weighted by atomic mass is 10.3. The molecule has 0 bridgehead atoms. The van der Waals surface area contributed by atoms with Gasteiger partial charge in [0, 0.05) is 25.3 Å². The molecule has 0 radical (unpaired) electrons. The first-order valence-electron chi connectivity index (χ1n) is 6.94. The van der Waals surface area contributed by atoms with Crippen LogP contribution in [0.1, 0.15) is 25.3 Å². The van der Waals surface area contributed by atoms with E-state index in [2.05, 4.69) is 20.2 Å². The Hall–Kier alpha value is -0.960. The fraction of sp³-hybridized carbons (Fsp3) is 0.750. The fourth-order valence-electron chi connectivity index (χ4n) is 1.77. The molecule has 1 aromatic heterocycles. The third-order valence-electron chi connectivity index (χ3n) is 3.10. The van der Waals surface area contributed by atoms with E-state index in [-0.39, 0.29) is 11.6 Å². The lowest BCUT2D eigenvalue weighted by Gasteiger charge is -2.08. The van der Waals surface area contributed by atoms with Crippen LogP contribution >= 0.6 is 0 Å². The van der Waals surface area contributed by atoms with Gasteiger partial charge in [-0.15, -0.1) is 0 Å². The van der Waals surface area contributed by atoms with Gasteiger partial charge >= 0.3 is 0 Å². The van der Waals surface area contributed by atoms with Crippen molar-refractivity contribution in [3.63, 3.8) is 0 Å². The Balaban J connectivity index is 1.80. The summed E-state index contributed by atoms with van der Waals surface area (Å²) < 4.78 is 32.2. The van der Waals surface area contributed by atoms with Crippen molar-refractivity contribution in [1.29, 1.82) is 0 Å².